The molecule has 0 bridgehead atoms. The fourth-order valence-electron chi connectivity index (χ4n) is 1.44. The zero-order valence-corrected chi connectivity index (χ0v) is 10.1. The van der Waals surface area contributed by atoms with Crippen LogP contribution in [0.25, 0.3) is 0 Å². The largest absolute Gasteiger partial charge is 0.356 e. The monoisotopic (exact) mass is 199 g/mol. The average Bonchev–Trinajstić information content (AvgIpc) is 2.17. The molecule has 0 aromatic rings. The van der Waals surface area contributed by atoms with Crippen molar-refractivity contribution in [3.63, 3.8) is 0 Å². The number of hydrogen-bond acceptors (Lipinski definition) is 1. The molecular weight excluding hydrogens is 174 g/mol. The van der Waals surface area contributed by atoms with E-state index in [2.05, 4.69) is 26.1 Å². The lowest BCUT2D eigenvalue weighted by molar-refractivity contribution is -0.124. The van der Waals surface area contributed by atoms with E-state index >= 15 is 0 Å². The van der Waals surface area contributed by atoms with Crippen molar-refractivity contribution in [1.82, 2.24) is 5.32 Å². The second-order valence-corrected chi connectivity index (χ2v) is 4.29. The highest BCUT2D eigenvalue weighted by Crippen LogP contribution is 2.14. The first-order valence-electron chi connectivity index (χ1n) is 5.89. The normalized spacial score (nSPS) is 14.9. The standard InChI is InChI=1S/C12H25NO/c1-5-7-8-13-12(14)11(4)9-10(3)6-2/h10-11H,5-9H2,1-4H3,(H,13,14). The van der Waals surface area contributed by atoms with Crippen molar-refractivity contribution in [3.8, 4) is 0 Å². The van der Waals surface area contributed by atoms with Crippen LogP contribution in [0.15, 0.2) is 0 Å². The Morgan fingerprint density at radius 1 is 1.29 bits per heavy atom. The molecule has 0 spiro atoms. The van der Waals surface area contributed by atoms with Crippen LogP contribution in [0.5, 0.6) is 0 Å². The summed E-state index contributed by atoms with van der Waals surface area (Å²) in [5.74, 6) is 1.04. The molecule has 0 aliphatic carbocycles. The Kier molecular flexibility index (Phi) is 7.54. The van der Waals surface area contributed by atoms with Crippen LogP contribution >= 0.6 is 0 Å². The molecule has 2 nitrogen and oxygen atoms in total. The van der Waals surface area contributed by atoms with E-state index in [-0.39, 0.29) is 11.8 Å². The van der Waals surface area contributed by atoms with E-state index < -0.39 is 0 Å². The van der Waals surface area contributed by atoms with Crippen molar-refractivity contribution in [2.75, 3.05) is 6.54 Å². The summed E-state index contributed by atoms with van der Waals surface area (Å²) in [4.78, 5) is 11.6. The lowest BCUT2D eigenvalue weighted by Crippen LogP contribution is -2.30. The van der Waals surface area contributed by atoms with Crippen molar-refractivity contribution in [3.05, 3.63) is 0 Å². The van der Waals surface area contributed by atoms with Crippen molar-refractivity contribution >= 4 is 5.91 Å². The van der Waals surface area contributed by atoms with Crippen molar-refractivity contribution < 1.29 is 4.79 Å². The molecule has 0 radical (unpaired) electrons. The van der Waals surface area contributed by atoms with Crippen molar-refractivity contribution in [2.24, 2.45) is 11.8 Å². The van der Waals surface area contributed by atoms with Crippen molar-refractivity contribution in [2.45, 2.75) is 53.4 Å². The fourth-order valence-corrected chi connectivity index (χ4v) is 1.44. The first-order valence-corrected chi connectivity index (χ1v) is 5.89. The summed E-state index contributed by atoms with van der Waals surface area (Å²) in [5.41, 5.74) is 0. The molecule has 2 atom stereocenters. The maximum atomic E-state index is 11.6. The zero-order valence-electron chi connectivity index (χ0n) is 10.1. The summed E-state index contributed by atoms with van der Waals surface area (Å²) >= 11 is 0. The van der Waals surface area contributed by atoms with Gasteiger partial charge in [-0.3, -0.25) is 4.79 Å². The predicted octanol–water partition coefficient (Wildman–Crippen LogP) is 2.98. The first kappa shape index (κ1) is 13.5. The minimum absolute atomic E-state index is 0.168. The van der Waals surface area contributed by atoms with Crippen LogP contribution in [0.1, 0.15) is 53.4 Å². The third kappa shape index (κ3) is 6.01. The van der Waals surface area contributed by atoms with Crippen LogP contribution in [0, 0.1) is 11.8 Å². The minimum atomic E-state index is 0.168. The Labute approximate surface area is 88.5 Å². The quantitative estimate of drug-likeness (QED) is 0.627. The molecule has 0 fully saturated rings. The van der Waals surface area contributed by atoms with Gasteiger partial charge < -0.3 is 5.32 Å². The van der Waals surface area contributed by atoms with Gasteiger partial charge in [0.2, 0.25) is 5.91 Å². The van der Waals surface area contributed by atoms with Gasteiger partial charge in [-0.05, 0) is 18.8 Å². The molecule has 1 amide bonds. The molecule has 14 heavy (non-hydrogen) atoms. The number of nitrogens with one attached hydrogen (secondary N) is 1. The van der Waals surface area contributed by atoms with Crippen LogP contribution in [0.4, 0.5) is 0 Å². The highest BCUT2D eigenvalue weighted by Gasteiger charge is 2.14. The van der Waals surface area contributed by atoms with Crippen LogP contribution in [-0.2, 0) is 4.79 Å². The lowest BCUT2D eigenvalue weighted by atomic mass is 9.95. The summed E-state index contributed by atoms with van der Waals surface area (Å²) in [5, 5.41) is 2.97. The third-order valence-corrected chi connectivity index (χ3v) is 2.73. The SMILES string of the molecule is CCCCNC(=O)C(C)CC(C)CC. The topological polar surface area (TPSA) is 29.1 Å². The Morgan fingerprint density at radius 3 is 2.43 bits per heavy atom. The van der Waals surface area contributed by atoms with E-state index in [9.17, 15) is 4.79 Å². The molecule has 0 saturated heterocycles. The van der Waals surface area contributed by atoms with E-state index in [4.69, 9.17) is 0 Å². The van der Waals surface area contributed by atoms with Gasteiger partial charge in [0.25, 0.3) is 0 Å². The van der Waals surface area contributed by atoms with Crippen molar-refractivity contribution in [1.29, 1.82) is 0 Å². The van der Waals surface area contributed by atoms with Crippen LogP contribution in [-0.4, -0.2) is 12.5 Å². The smallest absolute Gasteiger partial charge is 0.222 e. The molecule has 0 aromatic carbocycles. The zero-order chi connectivity index (χ0) is 11.0. The van der Waals surface area contributed by atoms with Gasteiger partial charge in [-0.15, -0.1) is 0 Å². The van der Waals surface area contributed by atoms with Gasteiger partial charge in [-0.2, -0.15) is 0 Å². The van der Waals surface area contributed by atoms with Crippen LogP contribution in [0.2, 0.25) is 0 Å². The summed E-state index contributed by atoms with van der Waals surface area (Å²) in [6.07, 6.45) is 4.39. The molecule has 2 unspecified atom stereocenters. The second kappa shape index (κ2) is 7.84. The highest BCUT2D eigenvalue weighted by atomic mass is 16.1. The molecule has 2 heteroatoms. The highest BCUT2D eigenvalue weighted by molar-refractivity contribution is 5.78. The molecule has 0 rings (SSSR count). The third-order valence-electron chi connectivity index (χ3n) is 2.73. The summed E-state index contributed by atoms with van der Waals surface area (Å²) in [6, 6.07) is 0. The summed E-state index contributed by atoms with van der Waals surface area (Å²) in [6.45, 7) is 9.37. The van der Waals surface area contributed by atoms with Gasteiger partial charge in [0.15, 0.2) is 0 Å². The van der Waals surface area contributed by atoms with Gasteiger partial charge in [-0.1, -0.05) is 40.5 Å². The van der Waals surface area contributed by atoms with Gasteiger partial charge in [-0.25, -0.2) is 0 Å². The number of amides is 1. The van der Waals surface area contributed by atoms with Gasteiger partial charge in [0.1, 0.15) is 0 Å². The van der Waals surface area contributed by atoms with Gasteiger partial charge in [0, 0.05) is 12.5 Å². The summed E-state index contributed by atoms with van der Waals surface area (Å²) in [7, 11) is 0. The molecular formula is C12H25NO. The minimum Gasteiger partial charge on any atom is -0.356 e. The van der Waals surface area contributed by atoms with Crippen LogP contribution in [0.3, 0.4) is 0 Å². The van der Waals surface area contributed by atoms with E-state index in [1.54, 1.807) is 0 Å². The van der Waals surface area contributed by atoms with Crippen LogP contribution < -0.4 is 5.32 Å². The van der Waals surface area contributed by atoms with E-state index in [0.29, 0.717) is 5.92 Å². The average molecular weight is 199 g/mol. The van der Waals surface area contributed by atoms with E-state index in [1.165, 1.54) is 0 Å². The summed E-state index contributed by atoms with van der Waals surface area (Å²) < 4.78 is 0. The molecule has 0 heterocycles. The van der Waals surface area contributed by atoms with Gasteiger partial charge in [0.05, 0.1) is 0 Å². The first-order chi connectivity index (χ1) is 6.61. The van der Waals surface area contributed by atoms with E-state index in [0.717, 1.165) is 32.2 Å². The maximum absolute atomic E-state index is 11.6. The maximum Gasteiger partial charge on any atom is 0.222 e. The number of rotatable bonds is 7. The molecule has 84 valence electrons. The molecule has 0 aliphatic heterocycles. The Balaban J connectivity index is 3.64. The number of hydrogen-bond donors (Lipinski definition) is 1. The van der Waals surface area contributed by atoms with Gasteiger partial charge >= 0.3 is 0 Å². The predicted molar refractivity (Wildman–Crippen MR) is 61.2 cm³/mol. The second-order valence-electron chi connectivity index (χ2n) is 4.29. The Hall–Kier alpha value is -0.530. The lowest BCUT2D eigenvalue weighted by Gasteiger charge is -2.15. The fraction of sp³-hybridized carbons (Fsp3) is 0.917. The number of unbranched alkanes of at least 4 members (excludes halogenated alkanes) is 1. The Bertz CT molecular complexity index is 156. The molecule has 0 saturated carbocycles. The van der Waals surface area contributed by atoms with E-state index in [1.807, 2.05) is 6.92 Å². The number of carbonyl (C=O) groups is 1. The molecule has 1 N–H and O–H groups in total. The Morgan fingerprint density at radius 2 is 1.93 bits per heavy atom. The molecule has 0 aromatic heterocycles. The number of carbonyl (C=O) groups excluding carboxylic acids is 1. The molecule has 0 aliphatic rings.